The van der Waals surface area contributed by atoms with Crippen molar-refractivity contribution in [3.8, 4) is 0 Å². The molecule has 1 aliphatic heterocycles. The molecule has 0 bridgehead atoms. The largest absolute Gasteiger partial charge is 0.466 e. The second-order valence-corrected chi connectivity index (χ2v) is 5.49. The standard InChI is InChI=1S/C16H18FNO2/c1-18-9-8-16(19,15-7-4-10-20-15)13(11-18)12-5-2-3-6-14(12)17/h2-7,10,13,19H,8-9,11H2,1H3/t13-,16-/m1/s1. The number of hydrogen-bond acceptors (Lipinski definition) is 3. The number of aliphatic hydroxyl groups is 1. The number of halogens is 1. The van der Waals surface area contributed by atoms with E-state index in [2.05, 4.69) is 4.90 Å². The molecule has 1 aliphatic rings. The molecule has 3 nitrogen and oxygen atoms in total. The summed E-state index contributed by atoms with van der Waals surface area (Å²) < 4.78 is 19.5. The maximum atomic E-state index is 14.1. The first-order valence-electron chi connectivity index (χ1n) is 6.80. The summed E-state index contributed by atoms with van der Waals surface area (Å²) in [5.41, 5.74) is -0.615. The number of likely N-dealkylation sites (tertiary alicyclic amines) is 1. The highest BCUT2D eigenvalue weighted by Crippen LogP contribution is 2.43. The fraction of sp³-hybridized carbons (Fsp3) is 0.375. The maximum absolute atomic E-state index is 14.1. The van der Waals surface area contributed by atoms with Gasteiger partial charge in [0.2, 0.25) is 0 Å². The first-order valence-corrected chi connectivity index (χ1v) is 6.80. The van der Waals surface area contributed by atoms with Crippen molar-refractivity contribution in [3.63, 3.8) is 0 Å². The van der Waals surface area contributed by atoms with Gasteiger partial charge in [-0.25, -0.2) is 4.39 Å². The van der Waals surface area contributed by atoms with Crippen LogP contribution in [-0.2, 0) is 5.60 Å². The zero-order chi connectivity index (χ0) is 14.2. The van der Waals surface area contributed by atoms with Crippen LogP contribution in [0.25, 0.3) is 0 Å². The number of likely N-dealkylation sites (N-methyl/N-ethyl adjacent to an activating group) is 1. The first-order chi connectivity index (χ1) is 9.61. The van der Waals surface area contributed by atoms with Gasteiger partial charge in [-0.3, -0.25) is 0 Å². The quantitative estimate of drug-likeness (QED) is 0.915. The van der Waals surface area contributed by atoms with Gasteiger partial charge in [0.05, 0.1) is 6.26 Å². The fourth-order valence-corrected chi connectivity index (χ4v) is 3.02. The molecule has 2 atom stereocenters. The molecule has 1 aromatic carbocycles. The van der Waals surface area contributed by atoms with Crippen LogP contribution in [-0.4, -0.2) is 30.1 Å². The van der Waals surface area contributed by atoms with Gasteiger partial charge in [-0.15, -0.1) is 0 Å². The van der Waals surface area contributed by atoms with E-state index in [9.17, 15) is 9.50 Å². The fourth-order valence-electron chi connectivity index (χ4n) is 3.02. The molecular formula is C16H18FNO2. The predicted octanol–water partition coefficient (Wildman–Crippen LogP) is 2.73. The van der Waals surface area contributed by atoms with Crippen molar-refractivity contribution in [2.75, 3.05) is 20.1 Å². The molecule has 1 fully saturated rings. The number of benzene rings is 1. The molecule has 0 amide bonds. The molecule has 4 heteroatoms. The normalized spacial score (nSPS) is 27.6. The van der Waals surface area contributed by atoms with E-state index in [1.165, 1.54) is 6.07 Å². The Hall–Kier alpha value is -1.65. The molecule has 0 spiro atoms. The Morgan fingerprint density at radius 1 is 1.30 bits per heavy atom. The SMILES string of the molecule is CN1CC[C@](O)(c2ccco2)[C@@H](c2ccccc2F)C1. The predicted molar refractivity (Wildman–Crippen MR) is 73.9 cm³/mol. The molecule has 0 aliphatic carbocycles. The van der Waals surface area contributed by atoms with Crippen molar-refractivity contribution in [3.05, 3.63) is 59.8 Å². The van der Waals surface area contributed by atoms with Crippen molar-refractivity contribution in [1.82, 2.24) is 4.90 Å². The average Bonchev–Trinajstić information content (AvgIpc) is 2.97. The zero-order valence-electron chi connectivity index (χ0n) is 11.4. The molecular weight excluding hydrogens is 257 g/mol. The summed E-state index contributed by atoms with van der Waals surface area (Å²) in [6, 6.07) is 10.2. The van der Waals surface area contributed by atoms with Gasteiger partial charge in [0.15, 0.2) is 0 Å². The Kier molecular flexibility index (Phi) is 3.36. The van der Waals surface area contributed by atoms with E-state index in [1.807, 2.05) is 7.05 Å². The molecule has 20 heavy (non-hydrogen) atoms. The minimum absolute atomic E-state index is 0.280. The second kappa shape index (κ2) is 5.04. The summed E-state index contributed by atoms with van der Waals surface area (Å²) in [7, 11) is 1.98. The van der Waals surface area contributed by atoms with Crippen LogP contribution in [0.3, 0.4) is 0 Å². The van der Waals surface area contributed by atoms with Crippen molar-refractivity contribution in [1.29, 1.82) is 0 Å². The van der Waals surface area contributed by atoms with E-state index in [0.717, 1.165) is 6.54 Å². The maximum Gasteiger partial charge on any atom is 0.136 e. The monoisotopic (exact) mass is 275 g/mol. The van der Waals surface area contributed by atoms with Crippen LogP contribution in [0.1, 0.15) is 23.7 Å². The van der Waals surface area contributed by atoms with E-state index >= 15 is 0 Å². The van der Waals surface area contributed by atoms with Crippen LogP contribution in [0, 0.1) is 5.82 Å². The van der Waals surface area contributed by atoms with Gasteiger partial charge < -0.3 is 14.4 Å². The van der Waals surface area contributed by atoms with Gasteiger partial charge in [0.1, 0.15) is 17.2 Å². The highest BCUT2D eigenvalue weighted by atomic mass is 19.1. The van der Waals surface area contributed by atoms with Gasteiger partial charge in [-0.05, 0) is 37.2 Å². The summed E-state index contributed by atoms with van der Waals surface area (Å²) in [5, 5.41) is 11.1. The highest BCUT2D eigenvalue weighted by Gasteiger charge is 2.45. The lowest BCUT2D eigenvalue weighted by molar-refractivity contribution is -0.0584. The molecule has 2 aromatic rings. The third-order valence-corrected chi connectivity index (χ3v) is 4.17. The van der Waals surface area contributed by atoms with Crippen molar-refractivity contribution in [2.45, 2.75) is 17.9 Å². The van der Waals surface area contributed by atoms with Gasteiger partial charge in [-0.1, -0.05) is 18.2 Å². The van der Waals surface area contributed by atoms with E-state index in [0.29, 0.717) is 24.3 Å². The topological polar surface area (TPSA) is 36.6 Å². The summed E-state index contributed by atoms with van der Waals surface area (Å²) in [5.74, 6) is -0.106. The molecule has 0 unspecified atom stereocenters. The molecule has 1 aromatic heterocycles. The molecule has 1 N–H and O–H groups in total. The summed E-state index contributed by atoms with van der Waals surface area (Å²) in [4.78, 5) is 2.11. The Morgan fingerprint density at radius 2 is 2.10 bits per heavy atom. The van der Waals surface area contributed by atoms with Crippen LogP contribution in [0.5, 0.6) is 0 Å². The van der Waals surface area contributed by atoms with Crippen LogP contribution in [0.15, 0.2) is 47.1 Å². The van der Waals surface area contributed by atoms with Gasteiger partial charge in [0.25, 0.3) is 0 Å². The number of furan rings is 1. The molecule has 0 saturated carbocycles. The van der Waals surface area contributed by atoms with Crippen LogP contribution < -0.4 is 0 Å². The smallest absolute Gasteiger partial charge is 0.136 e. The van der Waals surface area contributed by atoms with Gasteiger partial charge in [-0.2, -0.15) is 0 Å². The van der Waals surface area contributed by atoms with E-state index in [4.69, 9.17) is 4.42 Å². The Labute approximate surface area is 117 Å². The third kappa shape index (κ3) is 2.15. The first kappa shape index (κ1) is 13.3. The van der Waals surface area contributed by atoms with Crippen LogP contribution in [0.2, 0.25) is 0 Å². The van der Waals surface area contributed by atoms with Crippen molar-refractivity contribution in [2.24, 2.45) is 0 Å². The number of piperidine rings is 1. The Bertz CT molecular complexity index is 584. The lowest BCUT2D eigenvalue weighted by atomic mass is 9.75. The molecule has 1 saturated heterocycles. The summed E-state index contributed by atoms with van der Waals surface area (Å²) >= 11 is 0. The molecule has 3 rings (SSSR count). The number of rotatable bonds is 2. The van der Waals surface area contributed by atoms with E-state index in [-0.39, 0.29) is 11.7 Å². The van der Waals surface area contributed by atoms with E-state index in [1.54, 1.807) is 36.6 Å². The average molecular weight is 275 g/mol. The van der Waals surface area contributed by atoms with Crippen LogP contribution >= 0.6 is 0 Å². The van der Waals surface area contributed by atoms with Crippen molar-refractivity contribution < 1.29 is 13.9 Å². The highest BCUT2D eigenvalue weighted by molar-refractivity contribution is 5.29. The lowest BCUT2D eigenvalue weighted by Crippen LogP contribution is -2.47. The van der Waals surface area contributed by atoms with Crippen molar-refractivity contribution >= 4 is 0 Å². The number of hydrogen-bond donors (Lipinski definition) is 1. The summed E-state index contributed by atoms with van der Waals surface area (Å²) in [6.07, 6.45) is 2.07. The lowest BCUT2D eigenvalue weighted by Gasteiger charge is -2.42. The summed E-state index contributed by atoms with van der Waals surface area (Å²) in [6.45, 7) is 1.35. The van der Waals surface area contributed by atoms with Gasteiger partial charge in [0, 0.05) is 19.0 Å². The van der Waals surface area contributed by atoms with Gasteiger partial charge >= 0.3 is 0 Å². The zero-order valence-corrected chi connectivity index (χ0v) is 11.4. The Balaban J connectivity index is 2.06. The molecule has 2 heterocycles. The molecule has 0 radical (unpaired) electrons. The second-order valence-electron chi connectivity index (χ2n) is 5.49. The minimum atomic E-state index is -1.15. The Morgan fingerprint density at radius 3 is 2.80 bits per heavy atom. The number of nitrogens with zero attached hydrogens (tertiary/aromatic N) is 1. The van der Waals surface area contributed by atoms with E-state index < -0.39 is 5.60 Å². The third-order valence-electron chi connectivity index (χ3n) is 4.17. The van der Waals surface area contributed by atoms with Crippen LogP contribution in [0.4, 0.5) is 4.39 Å². The minimum Gasteiger partial charge on any atom is -0.466 e. The molecule has 106 valence electrons.